The molecule has 0 N–H and O–H groups in total. The van der Waals surface area contributed by atoms with Crippen LogP contribution in [-0.4, -0.2) is 31.3 Å². The standard InChI is InChI=1S/C13H17NO4S/c1-9-5-6-11(8-10(9)2)19(17,18)14-7-3-4-12(14)13(15)16/h5-6,8,12H,3-4,7H2,1-2H3,(H,15,16)/p-1/t12-/m1/s1. The second kappa shape index (κ2) is 4.94. The number of hydrogen-bond donors (Lipinski definition) is 0. The number of rotatable bonds is 3. The average Bonchev–Trinajstić information content (AvgIpc) is 2.82. The first-order valence-corrected chi connectivity index (χ1v) is 7.58. The van der Waals surface area contributed by atoms with Gasteiger partial charge in [-0.2, -0.15) is 4.31 Å². The van der Waals surface area contributed by atoms with Crippen molar-refractivity contribution in [1.82, 2.24) is 4.31 Å². The van der Waals surface area contributed by atoms with E-state index in [1.165, 1.54) is 6.07 Å². The third kappa shape index (κ3) is 2.50. The highest BCUT2D eigenvalue weighted by Gasteiger charge is 2.36. The van der Waals surface area contributed by atoms with Crippen molar-refractivity contribution >= 4 is 16.0 Å². The first kappa shape index (κ1) is 14.0. The molecule has 1 aliphatic rings. The molecule has 0 aliphatic carbocycles. The first-order valence-electron chi connectivity index (χ1n) is 6.14. The second-order valence-electron chi connectivity index (χ2n) is 4.84. The number of hydrogen-bond acceptors (Lipinski definition) is 4. The Morgan fingerprint density at radius 2 is 2.00 bits per heavy atom. The summed E-state index contributed by atoms with van der Waals surface area (Å²) in [5.74, 6) is -1.33. The van der Waals surface area contributed by atoms with Gasteiger partial charge in [-0.1, -0.05) is 6.07 Å². The van der Waals surface area contributed by atoms with Crippen LogP contribution in [0, 0.1) is 13.8 Å². The van der Waals surface area contributed by atoms with Gasteiger partial charge >= 0.3 is 0 Å². The molecule has 2 rings (SSSR count). The van der Waals surface area contributed by atoms with Crippen LogP contribution in [-0.2, 0) is 14.8 Å². The van der Waals surface area contributed by atoms with Crippen molar-refractivity contribution in [2.45, 2.75) is 37.6 Å². The lowest BCUT2D eigenvalue weighted by Crippen LogP contribution is -2.46. The van der Waals surface area contributed by atoms with Gasteiger partial charge in [0.15, 0.2) is 0 Å². The maximum absolute atomic E-state index is 12.4. The molecule has 1 fully saturated rings. The van der Waals surface area contributed by atoms with E-state index >= 15 is 0 Å². The van der Waals surface area contributed by atoms with E-state index in [1.54, 1.807) is 12.1 Å². The Kier molecular flexibility index (Phi) is 3.64. The summed E-state index contributed by atoms with van der Waals surface area (Å²) >= 11 is 0. The lowest BCUT2D eigenvalue weighted by Gasteiger charge is -2.24. The molecule has 0 spiro atoms. The normalized spacial score (nSPS) is 20.6. The molecule has 104 valence electrons. The second-order valence-corrected chi connectivity index (χ2v) is 6.73. The van der Waals surface area contributed by atoms with Crippen molar-refractivity contribution in [3.63, 3.8) is 0 Å². The predicted octanol–water partition coefficient (Wildman–Crippen LogP) is 0.206. The van der Waals surface area contributed by atoms with Crippen LogP contribution in [0.15, 0.2) is 23.1 Å². The summed E-state index contributed by atoms with van der Waals surface area (Å²) in [7, 11) is -3.76. The highest BCUT2D eigenvalue weighted by atomic mass is 32.2. The summed E-state index contributed by atoms with van der Waals surface area (Å²) in [6.45, 7) is 3.95. The van der Waals surface area contributed by atoms with Gasteiger partial charge < -0.3 is 9.90 Å². The van der Waals surface area contributed by atoms with Crippen LogP contribution >= 0.6 is 0 Å². The predicted molar refractivity (Wildman–Crippen MR) is 67.8 cm³/mol. The van der Waals surface area contributed by atoms with Gasteiger partial charge in [0.25, 0.3) is 0 Å². The van der Waals surface area contributed by atoms with E-state index in [0.29, 0.717) is 12.8 Å². The molecule has 1 aliphatic heterocycles. The molecule has 1 saturated heterocycles. The molecule has 1 heterocycles. The molecule has 1 atom stereocenters. The molecule has 1 aromatic rings. The molecule has 5 nitrogen and oxygen atoms in total. The Labute approximate surface area is 112 Å². The van der Waals surface area contributed by atoms with E-state index in [0.717, 1.165) is 15.4 Å². The third-order valence-electron chi connectivity index (χ3n) is 3.56. The Hall–Kier alpha value is -1.40. The number of aryl methyl sites for hydroxylation is 2. The SMILES string of the molecule is Cc1ccc(S(=O)(=O)N2CCC[C@@H]2C(=O)[O-])cc1C. The molecule has 1 aromatic carbocycles. The average molecular weight is 282 g/mol. The van der Waals surface area contributed by atoms with Crippen LogP contribution in [0.1, 0.15) is 24.0 Å². The van der Waals surface area contributed by atoms with Gasteiger partial charge in [-0.25, -0.2) is 8.42 Å². The minimum Gasteiger partial charge on any atom is -0.548 e. The Bertz CT molecular complexity index is 609. The number of aliphatic carboxylic acids is 1. The Morgan fingerprint density at radius 1 is 1.32 bits per heavy atom. The van der Waals surface area contributed by atoms with Gasteiger partial charge in [0.2, 0.25) is 10.0 Å². The monoisotopic (exact) mass is 282 g/mol. The van der Waals surface area contributed by atoms with Crippen LogP contribution in [0.3, 0.4) is 0 Å². The van der Waals surface area contributed by atoms with E-state index in [4.69, 9.17) is 0 Å². The number of carbonyl (C=O) groups is 1. The van der Waals surface area contributed by atoms with E-state index in [9.17, 15) is 18.3 Å². The Morgan fingerprint density at radius 3 is 2.58 bits per heavy atom. The topological polar surface area (TPSA) is 77.5 Å². The number of carbonyl (C=O) groups excluding carboxylic acids is 1. The summed E-state index contributed by atoms with van der Waals surface area (Å²) < 4.78 is 25.9. The zero-order valence-corrected chi connectivity index (χ0v) is 11.7. The van der Waals surface area contributed by atoms with Crippen molar-refractivity contribution in [3.8, 4) is 0 Å². The highest BCUT2D eigenvalue weighted by molar-refractivity contribution is 7.89. The van der Waals surface area contributed by atoms with Crippen LogP contribution < -0.4 is 5.11 Å². The summed E-state index contributed by atoms with van der Waals surface area (Å²) in [6.07, 6.45) is 0.856. The fourth-order valence-electron chi connectivity index (χ4n) is 2.27. The van der Waals surface area contributed by atoms with Crippen molar-refractivity contribution in [1.29, 1.82) is 0 Å². The third-order valence-corrected chi connectivity index (χ3v) is 5.46. The molecular formula is C13H16NO4S-. The van der Waals surface area contributed by atoms with E-state index in [2.05, 4.69) is 0 Å². The van der Waals surface area contributed by atoms with Crippen LogP contribution in [0.25, 0.3) is 0 Å². The summed E-state index contributed by atoms with van der Waals surface area (Å²) in [5, 5.41) is 11.0. The summed E-state index contributed by atoms with van der Waals surface area (Å²) in [6, 6.07) is 3.77. The molecule has 0 unspecified atom stereocenters. The van der Waals surface area contributed by atoms with Crippen molar-refractivity contribution < 1.29 is 18.3 Å². The zero-order valence-electron chi connectivity index (χ0n) is 10.9. The summed E-state index contributed by atoms with van der Waals surface area (Å²) in [5.41, 5.74) is 1.86. The molecule has 0 radical (unpaired) electrons. The maximum atomic E-state index is 12.4. The maximum Gasteiger partial charge on any atom is 0.243 e. The molecule has 0 aromatic heterocycles. The fourth-order valence-corrected chi connectivity index (χ4v) is 4.01. The minimum absolute atomic E-state index is 0.142. The quantitative estimate of drug-likeness (QED) is 0.794. The molecule has 0 bridgehead atoms. The van der Waals surface area contributed by atoms with E-state index < -0.39 is 22.0 Å². The van der Waals surface area contributed by atoms with E-state index in [-0.39, 0.29) is 11.4 Å². The van der Waals surface area contributed by atoms with Gasteiger partial charge in [0.05, 0.1) is 16.9 Å². The molecular weight excluding hydrogens is 266 g/mol. The molecule has 6 heteroatoms. The largest absolute Gasteiger partial charge is 0.548 e. The lowest BCUT2D eigenvalue weighted by molar-refractivity contribution is -0.309. The molecule has 19 heavy (non-hydrogen) atoms. The van der Waals surface area contributed by atoms with Crippen molar-refractivity contribution in [2.75, 3.05) is 6.54 Å². The van der Waals surface area contributed by atoms with Gasteiger partial charge in [-0.15, -0.1) is 0 Å². The number of carboxylic acid groups (broad SMARTS) is 1. The number of sulfonamides is 1. The van der Waals surface area contributed by atoms with Crippen LogP contribution in [0.5, 0.6) is 0 Å². The zero-order chi connectivity index (χ0) is 14.2. The van der Waals surface area contributed by atoms with E-state index in [1.807, 2.05) is 13.8 Å². The van der Waals surface area contributed by atoms with Gasteiger partial charge in [-0.3, -0.25) is 0 Å². The van der Waals surface area contributed by atoms with Crippen LogP contribution in [0.4, 0.5) is 0 Å². The molecule has 0 saturated carbocycles. The number of carboxylic acids is 1. The number of nitrogens with zero attached hydrogens (tertiary/aromatic N) is 1. The number of benzene rings is 1. The first-order chi connectivity index (χ1) is 8.84. The smallest absolute Gasteiger partial charge is 0.243 e. The minimum atomic E-state index is -3.76. The Balaban J connectivity index is 2.42. The lowest BCUT2D eigenvalue weighted by atomic mass is 10.1. The van der Waals surface area contributed by atoms with Gasteiger partial charge in [0.1, 0.15) is 0 Å². The van der Waals surface area contributed by atoms with Crippen molar-refractivity contribution in [2.24, 2.45) is 0 Å². The van der Waals surface area contributed by atoms with Crippen LogP contribution in [0.2, 0.25) is 0 Å². The van der Waals surface area contributed by atoms with Crippen molar-refractivity contribution in [3.05, 3.63) is 29.3 Å². The molecule has 0 amide bonds. The highest BCUT2D eigenvalue weighted by Crippen LogP contribution is 2.26. The van der Waals surface area contributed by atoms with Gasteiger partial charge in [0, 0.05) is 6.54 Å². The van der Waals surface area contributed by atoms with Gasteiger partial charge in [-0.05, 0) is 49.9 Å². The summed E-state index contributed by atoms with van der Waals surface area (Å²) in [4.78, 5) is 11.1. The fraction of sp³-hybridized carbons (Fsp3) is 0.462.